The van der Waals surface area contributed by atoms with E-state index in [1.165, 1.54) is 0 Å². The van der Waals surface area contributed by atoms with Gasteiger partial charge in [0.25, 0.3) is 0 Å². The van der Waals surface area contributed by atoms with E-state index >= 15 is 0 Å². The second kappa shape index (κ2) is 4.68. The average molecular weight is 253 g/mol. The van der Waals surface area contributed by atoms with Crippen LogP contribution in [0.1, 0.15) is 5.56 Å². The first kappa shape index (κ1) is 13.4. The Labute approximate surface area is 93.6 Å². The highest BCUT2D eigenvalue weighted by atomic mass is 19.4. The monoisotopic (exact) mass is 253 g/mol. The second-order valence-corrected chi connectivity index (χ2v) is 3.39. The minimum Gasteiger partial charge on any atom is -0.334 e. The molecule has 2 nitrogen and oxygen atoms in total. The zero-order chi connectivity index (χ0) is 13.2. The molecule has 0 radical (unpaired) electrons. The summed E-state index contributed by atoms with van der Waals surface area (Å²) in [6.07, 6.45) is -5.01. The first-order chi connectivity index (χ1) is 7.71. The number of alkyl halides is 3. The summed E-state index contributed by atoms with van der Waals surface area (Å²) in [6, 6.07) is 2.44. The quantitative estimate of drug-likeness (QED) is 0.741. The van der Waals surface area contributed by atoms with Crippen molar-refractivity contribution in [2.75, 3.05) is 7.05 Å². The lowest BCUT2D eigenvalue weighted by Crippen LogP contribution is -2.38. The van der Waals surface area contributed by atoms with Crippen LogP contribution < -0.4 is 0 Å². The SMILES string of the molecule is CN(Cc1ccc(F)cc1F)C(=O)C(F)(F)F. The summed E-state index contributed by atoms with van der Waals surface area (Å²) in [6.45, 7) is -0.579. The fraction of sp³-hybridized carbons (Fsp3) is 0.300. The molecular weight excluding hydrogens is 245 g/mol. The first-order valence-corrected chi connectivity index (χ1v) is 4.48. The van der Waals surface area contributed by atoms with Gasteiger partial charge >= 0.3 is 12.1 Å². The molecule has 0 aromatic heterocycles. The molecule has 0 aliphatic heterocycles. The molecule has 0 saturated carbocycles. The number of benzene rings is 1. The molecule has 0 aliphatic rings. The van der Waals surface area contributed by atoms with Crippen molar-refractivity contribution in [2.45, 2.75) is 12.7 Å². The molecule has 1 aromatic carbocycles. The van der Waals surface area contributed by atoms with E-state index in [1.807, 2.05) is 0 Å². The number of halogens is 5. The van der Waals surface area contributed by atoms with Crippen molar-refractivity contribution < 1.29 is 26.7 Å². The predicted octanol–water partition coefficient (Wildman–Crippen LogP) is 2.49. The summed E-state index contributed by atoms with van der Waals surface area (Å²) in [5, 5.41) is 0. The van der Waals surface area contributed by atoms with Gasteiger partial charge in [0.2, 0.25) is 0 Å². The highest BCUT2D eigenvalue weighted by Gasteiger charge is 2.41. The molecule has 0 bridgehead atoms. The van der Waals surface area contributed by atoms with Crippen LogP contribution in [-0.2, 0) is 11.3 Å². The Kier molecular flexibility index (Phi) is 3.69. The maximum atomic E-state index is 13.1. The lowest BCUT2D eigenvalue weighted by atomic mass is 10.2. The number of amides is 1. The maximum Gasteiger partial charge on any atom is 0.471 e. The van der Waals surface area contributed by atoms with Crippen LogP contribution >= 0.6 is 0 Å². The molecule has 7 heteroatoms. The van der Waals surface area contributed by atoms with Crippen molar-refractivity contribution in [3.63, 3.8) is 0 Å². The van der Waals surface area contributed by atoms with Gasteiger partial charge in [-0.2, -0.15) is 13.2 Å². The molecule has 1 aromatic rings. The summed E-state index contributed by atoms with van der Waals surface area (Å²) in [5.74, 6) is -3.91. The zero-order valence-corrected chi connectivity index (χ0v) is 8.68. The first-order valence-electron chi connectivity index (χ1n) is 4.48. The second-order valence-electron chi connectivity index (χ2n) is 3.39. The van der Waals surface area contributed by atoms with Crippen LogP contribution in [-0.4, -0.2) is 24.0 Å². The number of hydrogen-bond donors (Lipinski definition) is 0. The van der Waals surface area contributed by atoms with E-state index in [0.717, 1.165) is 19.2 Å². The van der Waals surface area contributed by atoms with Crippen molar-refractivity contribution in [1.29, 1.82) is 0 Å². The van der Waals surface area contributed by atoms with E-state index in [-0.39, 0.29) is 5.56 Å². The third-order valence-electron chi connectivity index (χ3n) is 2.01. The molecule has 0 N–H and O–H groups in total. The Morgan fingerprint density at radius 1 is 1.29 bits per heavy atom. The van der Waals surface area contributed by atoms with Crippen LogP contribution in [0.15, 0.2) is 18.2 Å². The average Bonchev–Trinajstić information content (AvgIpc) is 2.19. The van der Waals surface area contributed by atoms with E-state index in [2.05, 4.69) is 0 Å². The Balaban J connectivity index is 2.81. The van der Waals surface area contributed by atoms with Gasteiger partial charge in [0, 0.05) is 25.2 Å². The van der Waals surface area contributed by atoms with Crippen molar-refractivity contribution in [3.05, 3.63) is 35.4 Å². The van der Waals surface area contributed by atoms with Gasteiger partial charge in [0.1, 0.15) is 11.6 Å². The molecule has 94 valence electrons. The predicted molar refractivity (Wildman–Crippen MR) is 48.9 cm³/mol. The van der Waals surface area contributed by atoms with E-state index in [4.69, 9.17) is 0 Å². The van der Waals surface area contributed by atoms with Gasteiger partial charge in [0.15, 0.2) is 0 Å². The summed E-state index contributed by atoms with van der Waals surface area (Å²) in [4.78, 5) is 11.1. The van der Waals surface area contributed by atoms with Gasteiger partial charge in [-0.25, -0.2) is 8.78 Å². The van der Waals surface area contributed by atoms with Crippen LogP contribution in [0.2, 0.25) is 0 Å². The van der Waals surface area contributed by atoms with Crippen molar-refractivity contribution in [3.8, 4) is 0 Å². The van der Waals surface area contributed by atoms with Gasteiger partial charge in [-0.3, -0.25) is 4.79 Å². The van der Waals surface area contributed by atoms with Crippen molar-refractivity contribution >= 4 is 5.91 Å². The Bertz CT molecular complexity index is 429. The third kappa shape index (κ3) is 3.40. The number of hydrogen-bond acceptors (Lipinski definition) is 1. The largest absolute Gasteiger partial charge is 0.471 e. The highest BCUT2D eigenvalue weighted by molar-refractivity contribution is 5.81. The standard InChI is InChI=1S/C10H8F5NO/c1-16(9(17)10(13,14)15)5-6-2-3-7(11)4-8(6)12/h2-4H,5H2,1H3. The summed E-state index contributed by atoms with van der Waals surface area (Å²) in [7, 11) is 0.888. The van der Waals surface area contributed by atoms with Gasteiger partial charge in [-0.05, 0) is 6.07 Å². The Morgan fingerprint density at radius 3 is 2.35 bits per heavy atom. The van der Waals surface area contributed by atoms with Crippen LogP contribution in [0, 0.1) is 11.6 Å². The van der Waals surface area contributed by atoms with Gasteiger partial charge in [-0.15, -0.1) is 0 Å². The van der Waals surface area contributed by atoms with Crippen molar-refractivity contribution in [2.24, 2.45) is 0 Å². The van der Waals surface area contributed by atoms with Crippen LogP contribution in [0.3, 0.4) is 0 Å². The maximum absolute atomic E-state index is 13.1. The van der Waals surface area contributed by atoms with Gasteiger partial charge in [0.05, 0.1) is 0 Å². The van der Waals surface area contributed by atoms with Crippen LogP contribution in [0.4, 0.5) is 22.0 Å². The van der Waals surface area contributed by atoms with E-state index in [1.54, 1.807) is 0 Å². The highest BCUT2D eigenvalue weighted by Crippen LogP contribution is 2.19. The number of carbonyl (C=O) groups is 1. The number of nitrogens with zero attached hydrogens (tertiary/aromatic N) is 1. The summed E-state index contributed by atoms with van der Waals surface area (Å²) in [5.41, 5.74) is -0.188. The summed E-state index contributed by atoms with van der Waals surface area (Å²) >= 11 is 0. The smallest absolute Gasteiger partial charge is 0.334 e. The molecule has 1 rings (SSSR count). The molecule has 0 fully saturated rings. The normalized spacial score (nSPS) is 11.4. The molecule has 17 heavy (non-hydrogen) atoms. The molecule has 0 unspecified atom stereocenters. The minimum absolute atomic E-state index is 0.188. The Hall–Kier alpha value is -1.66. The molecule has 1 amide bonds. The molecule has 0 spiro atoms. The fourth-order valence-electron chi connectivity index (χ4n) is 1.19. The lowest BCUT2D eigenvalue weighted by Gasteiger charge is -2.18. The zero-order valence-electron chi connectivity index (χ0n) is 8.68. The molecule has 0 atom stereocenters. The molecular formula is C10H8F5NO. The van der Waals surface area contributed by atoms with Crippen LogP contribution in [0.25, 0.3) is 0 Å². The lowest BCUT2D eigenvalue weighted by molar-refractivity contribution is -0.184. The van der Waals surface area contributed by atoms with E-state index in [9.17, 15) is 26.7 Å². The van der Waals surface area contributed by atoms with E-state index in [0.29, 0.717) is 11.0 Å². The topological polar surface area (TPSA) is 20.3 Å². The van der Waals surface area contributed by atoms with Crippen molar-refractivity contribution in [1.82, 2.24) is 4.90 Å². The molecule has 0 aliphatic carbocycles. The van der Waals surface area contributed by atoms with Gasteiger partial charge in [-0.1, -0.05) is 6.07 Å². The minimum atomic E-state index is -5.01. The summed E-state index contributed by atoms with van der Waals surface area (Å²) < 4.78 is 61.7. The number of rotatable bonds is 2. The number of carbonyl (C=O) groups excluding carboxylic acids is 1. The van der Waals surface area contributed by atoms with Gasteiger partial charge < -0.3 is 4.90 Å². The third-order valence-corrected chi connectivity index (χ3v) is 2.01. The van der Waals surface area contributed by atoms with E-state index < -0.39 is 30.3 Å². The van der Waals surface area contributed by atoms with Crippen LogP contribution in [0.5, 0.6) is 0 Å². The fourth-order valence-corrected chi connectivity index (χ4v) is 1.19. The Morgan fingerprint density at radius 2 is 1.88 bits per heavy atom. The molecule has 0 saturated heterocycles. The molecule has 0 heterocycles.